The van der Waals surface area contributed by atoms with E-state index in [0.717, 1.165) is 31.1 Å². The molecule has 5 heteroatoms. The van der Waals surface area contributed by atoms with Crippen LogP contribution < -0.4 is 16.7 Å². The molecule has 3 N–H and O–H groups in total. The molecule has 0 aliphatic heterocycles. The number of para-hydroxylation sites is 1. The van der Waals surface area contributed by atoms with Gasteiger partial charge in [-0.05, 0) is 37.4 Å². The lowest BCUT2D eigenvalue weighted by atomic mass is 9.84. The molecule has 1 fully saturated rings. The Bertz CT molecular complexity index is 738. The molecule has 0 radical (unpaired) electrons. The first-order chi connectivity index (χ1) is 10.7. The number of nitrogens with one attached hydrogen (secondary N) is 1. The summed E-state index contributed by atoms with van der Waals surface area (Å²) in [6.07, 6.45) is 4.15. The first-order valence-electron chi connectivity index (χ1n) is 7.73. The van der Waals surface area contributed by atoms with Gasteiger partial charge in [0.1, 0.15) is 11.1 Å². The highest BCUT2D eigenvalue weighted by Crippen LogP contribution is 2.23. The average molecular weight is 300 g/mol. The van der Waals surface area contributed by atoms with Crippen molar-refractivity contribution in [2.45, 2.75) is 31.7 Å². The van der Waals surface area contributed by atoms with Gasteiger partial charge in [0.2, 0.25) is 0 Å². The molecule has 1 heterocycles. The molecular weight excluding hydrogens is 280 g/mol. The van der Waals surface area contributed by atoms with Crippen LogP contribution in [-0.2, 0) is 0 Å². The fourth-order valence-electron chi connectivity index (χ4n) is 3.15. The number of carbonyl (C=O) groups is 1. The van der Waals surface area contributed by atoms with Crippen molar-refractivity contribution in [3.05, 3.63) is 46.3 Å². The molecule has 2 aromatic rings. The summed E-state index contributed by atoms with van der Waals surface area (Å²) in [6, 6.07) is 8.80. The molecule has 0 bridgehead atoms. The maximum absolute atomic E-state index is 12.4. The Hall–Kier alpha value is -2.14. The predicted octanol–water partition coefficient (Wildman–Crippen LogP) is 2.04. The first-order valence-corrected chi connectivity index (χ1v) is 7.73. The van der Waals surface area contributed by atoms with Crippen molar-refractivity contribution in [3.63, 3.8) is 0 Å². The molecular formula is C17H20N2O3. The van der Waals surface area contributed by atoms with Crippen molar-refractivity contribution in [1.29, 1.82) is 0 Å². The zero-order valence-corrected chi connectivity index (χ0v) is 12.4. The van der Waals surface area contributed by atoms with Gasteiger partial charge in [0.15, 0.2) is 0 Å². The van der Waals surface area contributed by atoms with E-state index in [0.29, 0.717) is 12.1 Å². The third-order valence-corrected chi connectivity index (χ3v) is 4.41. The summed E-state index contributed by atoms with van der Waals surface area (Å²) in [5.74, 6) is -0.0879. The van der Waals surface area contributed by atoms with E-state index in [4.69, 9.17) is 10.2 Å². The molecule has 1 aliphatic rings. The van der Waals surface area contributed by atoms with Gasteiger partial charge in [-0.2, -0.15) is 0 Å². The van der Waals surface area contributed by atoms with Gasteiger partial charge in [-0.3, -0.25) is 4.79 Å². The van der Waals surface area contributed by atoms with Crippen molar-refractivity contribution in [2.75, 3.05) is 6.54 Å². The lowest BCUT2D eigenvalue weighted by Gasteiger charge is -2.31. The third-order valence-electron chi connectivity index (χ3n) is 4.41. The van der Waals surface area contributed by atoms with Crippen molar-refractivity contribution in [3.8, 4) is 0 Å². The highest BCUT2D eigenvalue weighted by atomic mass is 16.4. The van der Waals surface area contributed by atoms with Crippen molar-refractivity contribution in [1.82, 2.24) is 5.32 Å². The summed E-state index contributed by atoms with van der Waals surface area (Å²) in [5, 5.41) is 3.70. The van der Waals surface area contributed by atoms with Gasteiger partial charge in [0, 0.05) is 11.4 Å². The maximum Gasteiger partial charge on any atom is 0.349 e. The van der Waals surface area contributed by atoms with Crippen LogP contribution in [-0.4, -0.2) is 18.5 Å². The SMILES string of the molecule is NCC1CCCCC1NC(=O)c1cc2ccccc2oc1=O. The number of nitrogens with two attached hydrogens (primary N) is 1. The zero-order valence-electron chi connectivity index (χ0n) is 12.4. The number of benzene rings is 1. The van der Waals surface area contributed by atoms with Gasteiger partial charge >= 0.3 is 5.63 Å². The molecule has 3 rings (SSSR count). The van der Waals surface area contributed by atoms with Gasteiger partial charge in [-0.15, -0.1) is 0 Å². The Labute approximate surface area is 128 Å². The second-order valence-electron chi connectivity index (χ2n) is 5.85. The fourth-order valence-corrected chi connectivity index (χ4v) is 3.15. The van der Waals surface area contributed by atoms with Crippen molar-refractivity contribution in [2.24, 2.45) is 11.7 Å². The lowest BCUT2D eigenvalue weighted by Crippen LogP contribution is -2.45. The average Bonchev–Trinajstić information content (AvgIpc) is 2.54. The van der Waals surface area contributed by atoms with Crippen molar-refractivity contribution >= 4 is 16.9 Å². The smallest absolute Gasteiger partial charge is 0.349 e. The Balaban J connectivity index is 1.85. The van der Waals surface area contributed by atoms with Crippen LogP contribution in [0, 0.1) is 5.92 Å². The van der Waals surface area contributed by atoms with E-state index in [1.54, 1.807) is 18.2 Å². The topological polar surface area (TPSA) is 85.3 Å². The Morgan fingerprint density at radius 3 is 2.86 bits per heavy atom. The molecule has 0 spiro atoms. The molecule has 1 aliphatic carbocycles. The van der Waals surface area contributed by atoms with E-state index in [9.17, 15) is 9.59 Å². The van der Waals surface area contributed by atoms with Crippen LogP contribution in [0.15, 0.2) is 39.5 Å². The minimum Gasteiger partial charge on any atom is -0.422 e. The second kappa shape index (κ2) is 6.32. The highest BCUT2D eigenvalue weighted by molar-refractivity contribution is 5.96. The van der Waals surface area contributed by atoms with E-state index in [1.807, 2.05) is 12.1 Å². The van der Waals surface area contributed by atoms with Gasteiger partial charge in [0.05, 0.1) is 0 Å². The number of hydrogen-bond acceptors (Lipinski definition) is 4. The monoisotopic (exact) mass is 300 g/mol. The van der Waals surface area contributed by atoms with Gasteiger partial charge in [0.25, 0.3) is 5.91 Å². The van der Waals surface area contributed by atoms with Crippen LogP contribution in [0.1, 0.15) is 36.0 Å². The van der Waals surface area contributed by atoms with E-state index < -0.39 is 5.63 Å². The number of carbonyl (C=O) groups excluding carboxylic acids is 1. The molecule has 5 nitrogen and oxygen atoms in total. The lowest BCUT2D eigenvalue weighted by molar-refractivity contribution is 0.0904. The fraction of sp³-hybridized carbons (Fsp3) is 0.412. The number of fused-ring (bicyclic) bond motifs is 1. The molecule has 2 unspecified atom stereocenters. The molecule has 1 saturated carbocycles. The number of hydrogen-bond donors (Lipinski definition) is 2. The third kappa shape index (κ3) is 2.90. The molecule has 22 heavy (non-hydrogen) atoms. The Morgan fingerprint density at radius 2 is 2.05 bits per heavy atom. The summed E-state index contributed by atoms with van der Waals surface area (Å²) in [4.78, 5) is 24.4. The van der Waals surface area contributed by atoms with Crippen LogP contribution in [0.3, 0.4) is 0 Å². The van der Waals surface area contributed by atoms with Crippen LogP contribution in [0.2, 0.25) is 0 Å². The van der Waals surface area contributed by atoms with Gasteiger partial charge in [-0.25, -0.2) is 4.79 Å². The molecule has 0 saturated heterocycles. The largest absolute Gasteiger partial charge is 0.422 e. The van der Waals surface area contributed by atoms with E-state index in [2.05, 4.69) is 5.32 Å². The second-order valence-corrected chi connectivity index (χ2v) is 5.85. The normalized spacial score (nSPS) is 21.7. The minimum absolute atomic E-state index is 0.0390. The van der Waals surface area contributed by atoms with Gasteiger partial charge < -0.3 is 15.5 Å². The maximum atomic E-state index is 12.4. The number of rotatable bonds is 3. The summed E-state index contributed by atoms with van der Waals surface area (Å²) in [7, 11) is 0. The summed E-state index contributed by atoms with van der Waals surface area (Å²) in [5.41, 5.74) is 5.72. The van der Waals surface area contributed by atoms with E-state index in [1.165, 1.54) is 0 Å². The summed E-state index contributed by atoms with van der Waals surface area (Å²) in [6.45, 7) is 0.553. The molecule has 1 amide bonds. The van der Waals surface area contributed by atoms with Crippen LogP contribution >= 0.6 is 0 Å². The number of amides is 1. The van der Waals surface area contributed by atoms with Gasteiger partial charge in [-0.1, -0.05) is 31.0 Å². The van der Waals surface area contributed by atoms with Crippen molar-refractivity contribution < 1.29 is 9.21 Å². The minimum atomic E-state index is -0.601. The Kier molecular flexibility index (Phi) is 4.24. The first kappa shape index (κ1) is 14.8. The quantitative estimate of drug-likeness (QED) is 0.849. The molecule has 1 aromatic carbocycles. The molecule has 2 atom stereocenters. The van der Waals surface area contributed by atoms with Crippen LogP contribution in [0.25, 0.3) is 11.0 Å². The van der Waals surface area contributed by atoms with E-state index in [-0.39, 0.29) is 23.4 Å². The summed E-state index contributed by atoms with van der Waals surface area (Å²) < 4.78 is 5.22. The molecule has 1 aromatic heterocycles. The predicted molar refractivity (Wildman–Crippen MR) is 84.8 cm³/mol. The Morgan fingerprint density at radius 1 is 1.27 bits per heavy atom. The van der Waals surface area contributed by atoms with Crippen LogP contribution in [0.4, 0.5) is 0 Å². The zero-order chi connectivity index (χ0) is 15.5. The van der Waals surface area contributed by atoms with E-state index >= 15 is 0 Å². The summed E-state index contributed by atoms with van der Waals surface area (Å²) >= 11 is 0. The molecule has 116 valence electrons. The highest BCUT2D eigenvalue weighted by Gasteiger charge is 2.26. The standard InChI is InChI=1S/C17H20N2O3/c18-10-12-6-1-3-7-14(12)19-16(20)13-9-11-5-2-4-8-15(11)22-17(13)21/h2,4-5,8-9,12,14H,1,3,6-7,10,18H2,(H,19,20). The van der Waals surface area contributed by atoms with Crippen LogP contribution in [0.5, 0.6) is 0 Å².